The summed E-state index contributed by atoms with van der Waals surface area (Å²) in [7, 11) is -6.43. The van der Waals surface area contributed by atoms with Crippen LogP contribution in [0.15, 0.2) is 113 Å². The standard InChI is InChI=1S/C28H27N3O6S2/c1-21-7-6-8-23(19-21)30-38(33,34)26-17-11-22(12-18-26)29-28(32)20-31(24-13-15-25(37-2)16-14-24)39(35,36)27-9-4-3-5-10-27/h3-19,30H,20H2,1-2H3,(H,29,32). The van der Waals surface area contributed by atoms with Crippen LogP contribution in [0.25, 0.3) is 0 Å². The summed E-state index contributed by atoms with van der Waals surface area (Å²) in [5, 5.41) is 2.64. The Labute approximate surface area is 228 Å². The summed E-state index contributed by atoms with van der Waals surface area (Å²) in [6, 6.07) is 26.7. The number of rotatable bonds is 10. The predicted molar refractivity (Wildman–Crippen MR) is 151 cm³/mol. The lowest BCUT2D eigenvalue weighted by molar-refractivity contribution is -0.114. The Morgan fingerprint density at radius 3 is 2.05 bits per heavy atom. The first-order valence-corrected chi connectivity index (χ1v) is 14.7. The Balaban J connectivity index is 1.52. The third kappa shape index (κ3) is 6.75. The van der Waals surface area contributed by atoms with Gasteiger partial charge >= 0.3 is 0 Å². The molecule has 0 aliphatic carbocycles. The first kappa shape index (κ1) is 27.7. The molecule has 0 aromatic heterocycles. The van der Waals surface area contributed by atoms with E-state index in [1.54, 1.807) is 60.7 Å². The second-order valence-electron chi connectivity index (χ2n) is 8.57. The fraction of sp³-hybridized carbons (Fsp3) is 0.107. The minimum absolute atomic E-state index is 0.00789. The normalized spacial score (nSPS) is 11.4. The Bertz CT molecular complexity index is 1660. The summed E-state index contributed by atoms with van der Waals surface area (Å²) in [6.07, 6.45) is 0. The summed E-state index contributed by atoms with van der Waals surface area (Å²) in [5.74, 6) is -0.0778. The first-order valence-electron chi connectivity index (χ1n) is 11.8. The zero-order valence-electron chi connectivity index (χ0n) is 21.2. The molecule has 2 N–H and O–H groups in total. The number of hydrogen-bond acceptors (Lipinski definition) is 6. The van der Waals surface area contributed by atoms with Crippen molar-refractivity contribution >= 4 is 43.0 Å². The Morgan fingerprint density at radius 2 is 1.44 bits per heavy atom. The number of methoxy groups -OCH3 is 1. The van der Waals surface area contributed by atoms with E-state index in [1.165, 1.54) is 43.5 Å². The highest BCUT2D eigenvalue weighted by atomic mass is 32.2. The van der Waals surface area contributed by atoms with Crippen LogP contribution in [-0.2, 0) is 24.8 Å². The molecule has 0 saturated carbocycles. The van der Waals surface area contributed by atoms with E-state index < -0.39 is 32.5 Å². The highest BCUT2D eigenvalue weighted by Gasteiger charge is 2.27. The average molecular weight is 566 g/mol. The van der Waals surface area contributed by atoms with Gasteiger partial charge in [-0.1, -0.05) is 30.3 Å². The van der Waals surface area contributed by atoms with Gasteiger partial charge in [0, 0.05) is 11.4 Å². The van der Waals surface area contributed by atoms with E-state index in [9.17, 15) is 21.6 Å². The molecule has 39 heavy (non-hydrogen) atoms. The van der Waals surface area contributed by atoms with Gasteiger partial charge in [0.15, 0.2) is 0 Å². The minimum Gasteiger partial charge on any atom is -0.497 e. The van der Waals surface area contributed by atoms with Crippen LogP contribution >= 0.6 is 0 Å². The summed E-state index contributed by atoms with van der Waals surface area (Å²) < 4.78 is 61.1. The number of hydrogen-bond donors (Lipinski definition) is 2. The number of amides is 1. The minimum atomic E-state index is -4.08. The van der Waals surface area contributed by atoms with E-state index in [4.69, 9.17) is 4.74 Å². The molecule has 0 fully saturated rings. The lowest BCUT2D eigenvalue weighted by Crippen LogP contribution is -2.38. The molecule has 202 valence electrons. The zero-order chi connectivity index (χ0) is 28.0. The van der Waals surface area contributed by atoms with Gasteiger partial charge in [0.2, 0.25) is 5.91 Å². The van der Waals surface area contributed by atoms with Crippen LogP contribution in [0.4, 0.5) is 17.1 Å². The van der Waals surface area contributed by atoms with Crippen molar-refractivity contribution in [3.05, 3.63) is 109 Å². The molecule has 0 saturated heterocycles. The van der Waals surface area contributed by atoms with Gasteiger partial charge in [-0.3, -0.25) is 13.8 Å². The molecule has 0 spiro atoms. The smallest absolute Gasteiger partial charge is 0.264 e. The number of nitrogens with one attached hydrogen (secondary N) is 2. The van der Waals surface area contributed by atoms with Crippen LogP contribution in [0, 0.1) is 6.92 Å². The van der Waals surface area contributed by atoms with Crippen LogP contribution < -0.4 is 19.1 Å². The van der Waals surface area contributed by atoms with Crippen molar-refractivity contribution in [3.8, 4) is 5.75 Å². The van der Waals surface area contributed by atoms with Gasteiger partial charge in [0.05, 0.1) is 22.6 Å². The summed E-state index contributed by atoms with van der Waals surface area (Å²) >= 11 is 0. The summed E-state index contributed by atoms with van der Waals surface area (Å²) in [5.41, 5.74) is 1.93. The molecule has 0 unspecified atom stereocenters. The Kier molecular flexibility index (Phi) is 8.22. The number of benzene rings is 4. The number of carbonyl (C=O) groups excluding carboxylic acids is 1. The van der Waals surface area contributed by atoms with Crippen molar-refractivity contribution in [1.82, 2.24) is 0 Å². The second kappa shape index (κ2) is 11.6. The molecule has 4 aromatic rings. The van der Waals surface area contributed by atoms with Crippen LogP contribution in [0.5, 0.6) is 5.75 Å². The van der Waals surface area contributed by atoms with Gasteiger partial charge in [0.25, 0.3) is 20.0 Å². The monoisotopic (exact) mass is 565 g/mol. The maximum absolute atomic E-state index is 13.4. The molecule has 4 rings (SSSR count). The molecule has 0 aliphatic heterocycles. The lowest BCUT2D eigenvalue weighted by Gasteiger charge is -2.24. The number of nitrogens with zero attached hydrogens (tertiary/aromatic N) is 1. The second-order valence-corrected chi connectivity index (χ2v) is 12.1. The summed E-state index contributed by atoms with van der Waals surface area (Å²) in [6.45, 7) is 1.34. The third-order valence-corrected chi connectivity index (χ3v) is 8.88. The van der Waals surface area contributed by atoms with Crippen LogP contribution in [0.1, 0.15) is 5.56 Å². The van der Waals surface area contributed by atoms with E-state index in [1.807, 2.05) is 13.0 Å². The molecule has 0 bridgehead atoms. The molecule has 1 amide bonds. The molecule has 11 heteroatoms. The molecule has 0 heterocycles. The van der Waals surface area contributed by atoms with Gasteiger partial charge in [-0.25, -0.2) is 16.8 Å². The van der Waals surface area contributed by atoms with Gasteiger partial charge in [-0.05, 0) is 85.3 Å². The summed E-state index contributed by atoms with van der Waals surface area (Å²) in [4.78, 5) is 13.0. The maximum atomic E-state index is 13.4. The number of sulfonamides is 2. The van der Waals surface area contributed by atoms with Gasteiger partial charge in [-0.2, -0.15) is 0 Å². The molecule has 4 aromatic carbocycles. The Hall–Kier alpha value is -4.35. The van der Waals surface area contributed by atoms with Crippen LogP contribution in [-0.4, -0.2) is 36.4 Å². The molecular formula is C28H27N3O6S2. The van der Waals surface area contributed by atoms with Gasteiger partial charge in [-0.15, -0.1) is 0 Å². The number of carbonyl (C=O) groups is 1. The van der Waals surface area contributed by atoms with Crippen molar-refractivity contribution in [2.75, 3.05) is 28.0 Å². The predicted octanol–water partition coefficient (Wildman–Crippen LogP) is 4.64. The van der Waals surface area contributed by atoms with E-state index in [-0.39, 0.29) is 15.5 Å². The highest BCUT2D eigenvalue weighted by Crippen LogP contribution is 2.26. The lowest BCUT2D eigenvalue weighted by atomic mass is 10.2. The largest absolute Gasteiger partial charge is 0.497 e. The molecule has 0 aliphatic rings. The van der Waals surface area contributed by atoms with Crippen molar-refractivity contribution in [2.24, 2.45) is 0 Å². The highest BCUT2D eigenvalue weighted by molar-refractivity contribution is 7.93. The van der Waals surface area contributed by atoms with Crippen molar-refractivity contribution in [2.45, 2.75) is 16.7 Å². The Morgan fingerprint density at radius 1 is 0.769 bits per heavy atom. The van der Waals surface area contributed by atoms with E-state index >= 15 is 0 Å². The van der Waals surface area contributed by atoms with Crippen LogP contribution in [0.2, 0.25) is 0 Å². The number of anilines is 3. The average Bonchev–Trinajstić information content (AvgIpc) is 2.92. The van der Waals surface area contributed by atoms with Crippen molar-refractivity contribution in [1.29, 1.82) is 0 Å². The fourth-order valence-corrected chi connectivity index (χ4v) is 6.25. The molecule has 0 radical (unpaired) electrons. The fourth-order valence-electron chi connectivity index (χ4n) is 3.75. The maximum Gasteiger partial charge on any atom is 0.264 e. The quantitative estimate of drug-likeness (QED) is 0.289. The third-order valence-electron chi connectivity index (χ3n) is 5.70. The number of aryl methyl sites for hydroxylation is 1. The van der Waals surface area contributed by atoms with E-state index in [0.29, 0.717) is 17.1 Å². The van der Waals surface area contributed by atoms with E-state index in [2.05, 4.69) is 10.0 Å². The zero-order valence-corrected chi connectivity index (χ0v) is 22.9. The van der Waals surface area contributed by atoms with Crippen molar-refractivity contribution < 1.29 is 26.4 Å². The number of ether oxygens (including phenoxy) is 1. The SMILES string of the molecule is COc1ccc(N(CC(=O)Nc2ccc(S(=O)(=O)Nc3cccc(C)c3)cc2)S(=O)(=O)c2ccccc2)cc1. The van der Waals surface area contributed by atoms with Gasteiger partial charge < -0.3 is 10.1 Å². The van der Waals surface area contributed by atoms with Crippen molar-refractivity contribution in [3.63, 3.8) is 0 Å². The molecule has 0 atom stereocenters. The van der Waals surface area contributed by atoms with E-state index in [0.717, 1.165) is 9.87 Å². The molecule has 9 nitrogen and oxygen atoms in total. The topological polar surface area (TPSA) is 122 Å². The first-order chi connectivity index (χ1) is 18.6. The molecular weight excluding hydrogens is 538 g/mol. The van der Waals surface area contributed by atoms with Gasteiger partial charge in [0.1, 0.15) is 12.3 Å². The van der Waals surface area contributed by atoms with Crippen LogP contribution in [0.3, 0.4) is 0 Å².